The van der Waals surface area contributed by atoms with Gasteiger partial charge >= 0.3 is 0 Å². The van der Waals surface area contributed by atoms with Gasteiger partial charge in [-0.25, -0.2) is 9.37 Å². The summed E-state index contributed by atoms with van der Waals surface area (Å²) in [5, 5.41) is 8.91. The van der Waals surface area contributed by atoms with E-state index in [0.29, 0.717) is 15.7 Å². The average molecular weight is 395 g/mol. The summed E-state index contributed by atoms with van der Waals surface area (Å²) in [6.45, 7) is 1.83. The van der Waals surface area contributed by atoms with Gasteiger partial charge in [-0.05, 0) is 48.8 Å². The minimum absolute atomic E-state index is 0.295. The fraction of sp³-hybridized carbons (Fsp3) is 0.176. The van der Waals surface area contributed by atoms with Crippen LogP contribution < -0.4 is 15.5 Å². The molecule has 1 aliphatic rings. The molecule has 1 atom stereocenters. The first-order valence-electron chi connectivity index (χ1n) is 7.56. The second-order valence-electron chi connectivity index (χ2n) is 5.44. The highest BCUT2D eigenvalue weighted by atomic mass is 35.5. The van der Waals surface area contributed by atoms with Crippen LogP contribution in [-0.2, 0) is 0 Å². The van der Waals surface area contributed by atoms with Gasteiger partial charge < -0.3 is 15.5 Å². The van der Waals surface area contributed by atoms with Crippen molar-refractivity contribution in [3.05, 3.63) is 64.5 Å². The number of nitrogens with zero attached hydrogens (tertiary/aromatic N) is 2. The van der Waals surface area contributed by atoms with E-state index in [1.807, 2.05) is 30.7 Å². The topological polar surface area (TPSA) is 40.2 Å². The van der Waals surface area contributed by atoms with Gasteiger partial charge in [0.15, 0.2) is 5.11 Å². The second kappa shape index (κ2) is 8.03. The molecule has 0 fully saturated rings. The van der Waals surface area contributed by atoms with Crippen LogP contribution in [0.2, 0.25) is 5.02 Å². The van der Waals surface area contributed by atoms with Gasteiger partial charge in [-0.3, -0.25) is 0 Å². The van der Waals surface area contributed by atoms with Crippen LogP contribution in [0, 0.1) is 5.82 Å². The molecule has 1 aromatic carbocycles. The summed E-state index contributed by atoms with van der Waals surface area (Å²) in [5.41, 5.74) is 1.27. The maximum atomic E-state index is 14.0. The van der Waals surface area contributed by atoms with E-state index in [1.165, 1.54) is 6.07 Å². The zero-order chi connectivity index (χ0) is 17.8. The van der Waals surface area contributed by atoms with Gasteiger partial charge in [0.2, 0.25) is 0 Å². The van der Waals surface area contributed by atoms with E-state index in [4.69, 9.17) is 23.8 Å². The summed E-state index contributed by atoms with van der Waals surface area (Å²) < 4.78 is 14.0. The third-order valence-corrected chi connectivity index (χ3v) is 4.82. The normalized spacial score (nSPS) is 14.4. The Bertz CT molecular complexity index is 798. The number of rotatable bonds is 4. The van der Waals surface area contributed by atoms with Gasteiger partial charge in [0.05, 0.1) is 23.8 Å². The summed E-state index contributed by atoms with van der Waals surface area (Å²) in [4.78, 5) is 6.46. The first-order valence-corrected chi connectivity index (χ1v) is 9.40. The molecule has 0 amide bonds. The van der Waals surface area contributed by atoms with Crippen molar-refractivity contribution >= 4 is 52.2 Å². The van der Waals surface area contributed by atoms with Crippen molar-refractivity contribution in [3.8, 4) is 0 Å². The summed E-state index contributed by atoms with van der Waals surface area (Å²) in [5.74, 6) is 1.38. The summed E-state index contributed by atoms with van der Waals surface area (Å²) in [7, 11) is 0. The number of benzene rings is 1. The van der Waals surface area contributed by atoms with Crippen molar-refractivity contribution in [3.63, 3.8) is 0 Å². The molecule has 0 bridgehead atoms. The minimum Gasteiger partial charge on any atom is -0.356 e. The molecule has 2 N–H and O–H groups in total. The molecule has 25 heavy (non-hydrogen) atoms. The lowest BCUT2D eigenvalue weighted by atomic mass is 10.1. The molecule has 0 saturated carbocycles. The van der Waals surface area contributed by atoms with Crippen LogP contribution in [0.4, 0.5) is 15.9 Å². The number of aromatic nitrogens is 1. The standard InChI is InChI=1S/C17H16ClFN4S2/c1-11(14-4-2-12(18)8-15(14)19)21-17(24)22-13-3-5-16(20-9-13)23-6-7-25-10-23/h2-9,11H,10H2,1H3,(H2,21,22,24). The van der Waals surface area contributed by atoms with E-state index in [1.54, 1.807) is 30.1 Å². The molecule has 2 aromatic rings. The molecule has 1 aromatic heterocycles. The van der Waals surface area contributed by atoms with Crippen molar-refractivity contribution in [2.75, 3.05) is 16.1 Å². The molecule has 0 radical (unpaired) electrons. The number of nitrogens with one attached hydrogen (secondary N) is 2. The van der Waals surface area contributed by atoms with E-state index in [-0.39, 0.29) is 11.9 Å². The third kappa shape index (κ3) is 4.62. The quantitative estimate of drug-likeness (QED) is 0.718. The molecule has 8 heteroatoms. The second-order valence-corrected chi connectivity index (χ2v) is 7.15. The van der Waals surface area contributed by atoms with E-state index in [2.05, 4.69) is 20.5 Å². The van der Waals surface area contributed by atoms with Gasteiger partial charge in [0.25, 0.3) is 0 Å². The van der Waals surface area contributed by atoms with Crippen molar-refractivity contribution < 1.29 is 4.39 Å². The number of thioether (sulfide) groups is 1. The van der Waals surface area contributed by atoms with Crippen LogP contribution in [0.25, 0.3) is 0 Å². The van der Waals surface area contributed by atoms with Crippen molar-refractivity contribution in [2.24, 2.45) is 0 Å². The fourth-order valence-electron chi connectivity index (χ4n) is 2.35. The Morgan fingerprint density at radius 3 is 2.88 bits per heavy atom. The summed E-state index contributed by atoms with van der Waals surface area (Å²) in [6, 6.07) is 8.12. The first kappa shape index (κ1) is 18.0. The zero-order valence-corrected chi connectivity index (χ0v) is 15.8. The summed E-state index contributed by atoms with van der Waals surface area (Å²) in [6.07, 6.45) is 3.71. The van der Waals surface area contributed by atoms with Gasteiger partial charge in [0.1, 0.15) is 11.6 Å². The molecule has 2 heterocycles. The molecule has 3 rings (SSSR count). The molecular formula is C17H16ClFN4S2. The van der Waals surface area contributed by atoms with Crippen LogP contribution in [-0.4, -0.2) is 16.0 Å². The Balaban J connectivity index is 1.59. The number of anilines is 2. The Labute approximate surface area is 160 Å². The van der Waals surface area contributed by atoms with E-state index in [0.717, 1.165) is 17.4 Å². The lowest BCUT2D eigenvalue weighted by molar-refractivity contribution is 0.580. The maximum absolute atomic E-state index is 14.0. The largest absolute Gasteiger partial charge is 0.356 e. The zero-order valence-electron chi connectivity index (χ0n) is 13.4. The number of halogens is 2. The molecule has 1 unspecified atom stereocenters. The summed E-state index contributed by atoms with van der Waals surface area (Å²) >= 11 is 12.8. The molecule has 0 aliphatic carbocycles. The third-order valence-electron chi connectivity index (χ3n) is 3.63. The Kier molecular flexibility index (Phi) is 5.78. The van der Waals surface area contributed by atoms with Crippen molar-refractivity contribution in [1.82, 2.24) is 10.3 Å². The van der Waals surface area contributed by atoms with Crippen LogP contribution >= 0.6 is 35.6 Å². The van der Waals surface area contributed by atoms with Crippen molar-refractivity contribution in [2.45, 2.75) is 13.0 Å². The fourth-order valence-corrected chi connectivity index (χ4v) is 3.50. The lowest BCUT2D eigenvalue weighted by Crippen LogP contribution is -2.31. The van der Waals surface area contributed by atoms with Gasteiger partial charge in [-0.1, -0.05) is 17.7 Å². The van der Waals surface area contributed by atoms with E-state index >= 15 is 0 Å². The molecule has 1 aliphatic heterocycles. The number of pyridine rings is 1. The minimum atomic E-state index is -0.363. The van der Waals surface area contributed by atoms with E-state index in [9.17, 15) is 4.39 Å². The monoisotopic (exact) mass is 394 g/mol. The number of hydrogen-bond donors (Lipinski definition) is 2. The molecule has 0 saturated heterocycles. The Hall–Kier alpha value is -1.83. The molecule has 4 nitrogen and oxygen atoms in total. The predicted octanol–water partition coefficient (Wildman–Crippen LogP) is 4.90. The maximum Gasteiger partial charge on any atom is 0.171 e. The highest BCUT2D eigenvalue weighted by Gasteiger charge is 2.13. The van der Waals surface area contributed by atoms with Gasteiger partial charge in [-0.15, -0.1) is 11.8 Å². The first-order chi connectivity index (χ1) is 12.0. The van der Waals surface area contributed by atoms with Crippen molar-refractivity contribution in [1.29, 1.82) is 0 Å². The molecule has 0 spiro atoms. The number of thiocarbonyl (C=S) groups is 1. The van der Waals surface area contributed by atoms with Gasteiger partial charge in [0, 0.05) is 16.8 Å². The average Bonchev–Trinajstić information content (AvgIpc) is 3.09. The number of hydrogen-bond acceptors (Lipinski definition) is 4. The Morgan fingerprint density at radius 2 is 2.24 bits per heavy atom. The van der Waals surface area contributed by atoms with Crippen LogP contribution in [0.5, 0.6) is 0 Å². The van der Waals surface area contributed by atoms with Gasteiger partial charge in [-0.2, -0.15) is 0 Å². The van der Waals surface area contributed by atoms with E-state index < -0.39 is 0 Å². The highest BCUT2D eigenvalue weighted by Crippen LogP contribution is 2.23. The lowest BCUT2D eigenvalue weighted by Gasteiger charge is -2.18. The molecule has 130 valence electrons. The highest BCUT2D eigenvalue weighted by molar-refractivity contribution is 8.02. The Morgan fingerprint density at radius 1 is 1.40 bits per heavy atom. The molecular weight excluding hydrogens is 379 g/mol. The SMILES string of the molecule is CC(NC(=S)Nc1ccc(N2C=CSC2)nc1)c1ccc(Cl)cc1F. The van der Waals surface area contributed by atoms with Crippen LogP contribution in [0.3, 0.4) is 0 Å². The van der Waals surface area contributed by atoms with Crippen LogP contribution in [0.15, 0.2) is 48.1 Å². The van der Waals surface area contributed by atoms with Crippen LogP contribution in [0.1, 0.15) is 18.5 Å². The smallest absolute Gasteiger partial charge is 0.171 e. The predicted molar refractivity (Wildman–Crippen MR) is 107 cm³/mol.